The number of methoxy groups -OCH3 is 1. The molecule has 124 valence electrons. The molecular weight excluding hydrogens is 320 g/mol. The normalized spacial score (nSPS) is 17.5. The van der Waals surface area contributed by atoms with Crippen LogP contribution in [0.2, 0.25) is 0 Å². The average molecular weight is 338 g/mol. The lowest BCUT2D eigenvalue weighted by atomic mass is 10.2. The van der Waals surface area contributed by atoms with Crippen LogP contribution in [0.4, 0.5) is 0 Å². The molecule has 1 aliphatic rings. The summed E-state index contributed by atoms with van der Waals surface area (Å²) in [4.78, 5) is 41.5. The third-order valence-electron chi connectivity index (χ3n) is 3.35. The molecule has 0 unspecified atom stereocenters. The molecule has 0 spiro atoms. The Balaban J connectivity index is 2.16. The first-order valence-electron chi connectivity index (χ1n) is 7.18. The second-order valence-corrected chi connectivity index (χ2v) is 5.91. The molecule has 1 aromatic rings. The standard InChI is InChI=1S/C15H18N2O5S/c1-3-22-15(20)12-9-23-7-6-17(12)13(18)11-5-4-10(8-16-11)14(19)21-2/h4-5,8,12H,3,6-7,9H2,1-2H3/t12-/m0/s1. The highest BCUT2D eigenvalue weighted by Gasteiger charge is 2.34. The Bertz CT molecular complexity index is 590. The van der Waals surface area contributed by atoms with Gasteiger partial charge in [-0.2, -0.15) is 11.8 Å². The fourth-order valence-corrected chi connectivity index (χ4v) is 3.22. The lowest BCUT2D eigenvalue weighted by Gasteiger charge is -2.33. The highest BCUT2D eigenvalue weighted by molar-refractivity contribution is 7.99. The lowest BCUT2D eigenvalue weighted by Crippen LogP contribution is -2.51. The first-order chi connectivity index (χ1) is 11.1. The molecule has 0 radical (unpaired) electrons. The van der Waals surface area contributed by atoms with Crippen molar-refractivity contribution in [2.75, 3.05) is 31.8 Å². The quantitative estimate of drug-likeness (QED) is 0.757. The number of carbonyl (C=O) groups excluding carboxylic acids is 3. The number of ether oxygens (including phenoxy) is 2. The van der Waals surface area contributed by atoms with Gasteiger partial charge in [-0.3, -0.25) is 9.78 Å². The van der Waals surface area contributed by atoms with Crippen molar-refractivity contribution < 1.29 is 23.9 Å². The van der Waals surface area contributed by atoms with E-state index in [4.69, 9.17) is 4.74 Å². The van der Waals surface area contributed by atoms with Crippen molar-refractivity contribution in [3.8, 4) is 0 Å². The average Bonchev–Trinajstić information content (AvgIpc) is 2.60. The van der Waals surface area contributed by atoms with Crippen molar-refractivity contribution in [3.05, 3.63) is 29.6 Å². The Morgan fingerprint density at radius 2 is 2.17 bits per heavy atom. The molecule has 1 fully saturated rings. The van der Waals surface area contributed by atoms with Gasteiger partial charge in [0.15, 0.2) is 0 Å². The van der Waals surface area contributed by atoms with Crippen LogP contribution < -0.4 is 0 Å². The van der Waals surface area contributed by atoms with Gasteiger partial charge in [0.1, 0.15) is 11.7 Å². The smallest absolute Gasteiger partial charge is 0.339 e. The Hall–Kier alpha value is -2.09. The van der Waals surface area contributed by atoms with Crippen molar-refractivity contribution in [1.82, 2.24) is 9.88 Å². The molecule has 23 heavy (non-hydrogen) atoms. The van der Waals surface area contributed by atoms with Crippen LogP contribution in [0.1, 0.15) is 27.8 Å². The van der Waals surface area contributed by atoms with Gasteiger partial charge in [-0.05, 0) is 19.1 Å². The summed E-state index contributed by atoms with van der Waals surface area (Å²) in [5.41, 5.74) is 0.444. The van der Waals surface area contributed by atoms with E-state index in [0.717, 1.165) is 5.75 Å². The number of carbonyl (C=O) groups is 3. The second kappa shape index (κ2) is 7.96. The Kier molecular flexibility index (Phi) is 5.97. The van der Waals surface area contributed by atoms with E-state index < -0.39 is 18.0 Å². The maximum Gasteiger partial charge on any atom is 0.339 e. The van der Waals surface area contributed by atoms with Gasteiger partial charge in [0.2, 0.25) is 0 Å². The molecule has 0 bridgehead atoms. The van der Waals surface area contributed by atoms with Gasteiger partial charge < -0.3 is 14.4 Å². The van der Waals surface area contributed by atoms with Crippen LogP contribution in [0, 0.1) is 0 Å². The molecule has 0 N–H and O–H groups in total. The van der Waals surface area contributed by atoms with Crippen molar-refractivity contribution >= 4 is 29.6 Å². The molecule has 1 atom stereocenters. The summed E-state index contributed by atoms with van der Waals surface area (Å²) in [6, 6.07) is 2.33. The van der Waals surface area contributed by atoms with E-state index >= 15 is 0 Å². The zero-order chi connectivity index (χ0) is 16.8. The third kappa shape index (κ3) is 4.01. The van der Waals surface area contributed by atoms with E-state index in [-0.39, 0.29) is 23.8 Å². The maximum absolute atomic E-state index is 12.6. The number of rotatable bonds is 4. The fraction of sp³-hybridized carbons (Fsp3) is 0.467. The predicted molar refractivity (Wildman–Crippen MR) is 84.4 cm³/mol. The van der Waals surface area contributed by atoms with Crippen LogP contribution in [-0.4, -0.2) is 65.5 Å². The predicted octanol–water partition coefficient (Wildman–Crippen LogP) is 0.989. The Labute approximate surface area is 138 Å². The molecule has 0 aromatic carbocycles. The SMILES string of the molecule is CCOC(=O)[C@@H]1CSCCN1C(=O)c1ccc(C(=O)OC)cn1. The molecule has 2 heterocycles. The van der Waals surface area contributed by atoms with Gasteiger partial charge in [-0.1, -0.05) is 0 Å². The number of amides is 1. The van der Waals surface area contributed by atoms with Gasteiger partial charge in [0.05, 0.1) is 19.3 Å². The molecule has 1 aromatic heterocycles. The molecule has 1 saturated heterocycles. The molecule has 0 saturated carbocycles. The maximum atomic E-state index is 12.6. The largest absolute Gasteiger partial charge is 0.465 e. The number of nitrogens with zero attached hydrogens (tertiary/aromatic N) is 2. The summed E-state index contributed by atoms with van der Waals surface area (Å²) < 4.78 is 9.63. The van der Waals surface area contributed by atoms with Gasteiger partial charge in [0, 0.05) is 24.2 Å². The summed E-state index contributed by atoms with van der Waals surface area (Å²) in [6.07, 6.45) is 1.29. The number of esters is 2. The first-order valence-corrected chi connectivity index (χ1v) is 8.33. The number of aromatic nitrogens is 1. The Morgan fingerprint density at radius 3 is 2.78 bits per heavy atom. The van der Waals surface area contributed by atoms with E-state index in [1.165, 1.54) is 30.3 Å². The lowest BCUT2D eigenvalue weighted by molar-refractivity contribution is -0.147. The summed E-state index contributed by atoms with van der Waals surface area (Å²) in [5, 5.41) is 0. The number of pyridine rings is 1. The van der Waals surface area contributed by atoms with Crippen LogP contribution in [0.5, 0.6) is 0 Å². The molecule has 1 aliphatic heterocycles. The number of thioether (sulfide) groups is 1. The van der Waals surface area contributed by atoms with Crippen LogP contribution in [-0.2, 0) is 14.3 Å². The number of hydrogen-bond donors (Lipinski definition) is 0. The summed E-state index contributed by atoms with van der Waals surface area (Å²) in [5.74, 6) is -0.0125. The molecule has 8 heteroatoms. The second-order valence-electron chi connectivity index (χ2n) is 4.77. The minimum Gasteiger partial charge on any atom is -0.465 e. The van der Waals surface area contributed by atoms with Crippen molar-refractivity contribution in [3.63, 3.8) is 0 Å². The van der Waals surface area contributed by atoms with Gasteiger partial charge in [0.25, 0.3) is 5.91 Å². The summed E-state index contributed by atoms with van der Waals surface area (Å²) in [7, 11) is 1.27. The highest BCUT2D eigenvalue weighted by Crippen LogP contribution is 2.20. The van der Waals surface area contributed by atoms with Crippen LogP contribution in [0.25, 0.3) is 0 Å². The molecule has 2 rings (SSSR count). The Morgan fingerprint density at radius 1 is 1.39 bits per heavy atom. The van der Waals surface area contributed by atoms with E-state index in [2.05, 4.69) is 9.72 Å². The zero-order valence-corrected chi connectivity index (χ0v) is 13.8. The minimum atomic E-state index is -0.608. The van der Waals surface area contributed by atoms with Crippen LogP contribution in [0.3, 0.4) is 0 Å². The van der Waals surface area contributed by atoms with Gasteiger partial charge in [-0.25, -0.2) is 9.59 Å². The summed E-state index contributed by atoms with van der Waals surface area (Å²) in [6.45, 7) is 2.45. The van der Waals surface area contributed by atoms with Crippen molar-refractivity contribution in [2.45, 2.75) is 13.0 Å². The molecule has 0 aliphatic carbocycles. The topological polar surface area (TPSA) is 85.8 Å². The highest BCUT2D eigenvalue weighted by atomic mass is 32.2. The van der Waals surface area contributed by atoms with Crippen molar-refractivity contribution in [2.24, 2.45) is 0 Å². The monoisotopic (exact) mass is 338 g/mol. The van der Waals surface area contributed by atoms with E-state index in [9.17, 15) is 14.4 Å². The van der Waals surface area contributed by atoms with Crippen molar-refractivity contribution in [1.29, 1.82) is 0 Å². The van der Waals surface area contributed by atoms with E-state index in [1.54, 1.807) is 18.7 Å². The van der Waals surface area contributed by atoms with Crippen LogP contribution in [0.15, 0.2) is 18.3 Å². The van der Waals surface area contributed by atoms with Crippen LogP contribution >= 0.6 is 11.8 Å². The summed E-state index contributed by atoms with van der Waals surface area (Å²) >= 11 is 1.61. The molecular formula is C15H18N2O5S. The van der Waals surface area contributed by atoms with Gasteiger partial charge in [-0.15, -0.1) is 0 Å². The zero-order valence-electron chi connectivity index (χ0n) is 13.0. The van der Waals surface area contributed by atoms with E-state index in [0.29, 0.717) is 12.3 Å². The molecule has 1 amide bonds. The van der Waals surface area contributed by atoms with E-state index in [1.807, 2.05) is 0 Å². The molecule has 7 nitrogen and oxygen atoms in total. The minimum absolute atomic E-state index is 0.179. The third-order valence-corrected chi connectivity index (χ3v) is 4.37. The first kappa shape index (κ1) is 17.3. The van der Waals surface area contributed by atoms with Gasteiger partial charge >= 0.3 is 11.9 Å². The fourth-order valence-electron chi connectivity index (χ4n) is 2.19. The number of hydrogen-bond acceptors (Lipinski definition) is 7.